The topological polar surface area (TPSA) is 60.9 Å². The van der Waals surface area contributed by atoms with Crippen LogP contribution in [0, 0.1) is 0 Å². The van der Waals surface area contributed by atoms with Gasteiger partial charge in [0.25, 0.3) is 5.91 Å². The van der Waals surface area contributed by atoms with Gasteiger partial charge in [-0.1, -0.05) is 24.3 Å². The van der Waals surface area contributed by atoms with Crippen molar-refractivity contribution in [2.75, 3.05) is 9.96 Å². The number of alkyl halides is 3. The summed E-state index contributed by atoms with van der Waals surface area (Å²) in [6, 6.07) is 10.9. The van der Waals surface area contributed by atoms with Crippen molar-refractivity contribution in [3.8, 4) is 0 Å². The van der Waals surface area contributed by atoms with Gasteiger partial charge in [0.1, 0.15) is 6.04 Å². The third kappa shape index (κ3) is 3.20. The van der Waals surface area contributed by atoms with Crippen LogP contribution in [0.15, 0.2) is 54.6 Å². The number of benzene rings is 2. The summed E-state index contributed by atoms with van der Waals surface area (Å²) >= 11 is 0. The van der Waals surface area contributed by atoms with E-state index in [2.05, 4.69) is 0 Å². The highest BCUT2D eigenvalue weighted by Crippen LogP contribution is 2.34. The van der Waals surface area contributed by atoms with Crippen molar-refractivity contribution >= 4 is 23.2 Å². The first-order chi connectivity index (χ1) is 11.8. The Labute approximate surface area is 140 Å². The molecule has 1 aliphatic rings. The van der Waals surface area contributed by atoms with E-state index in [0.717, 1.165) is 18.2 Å². The number of imide groups is 1. The number of carbonyl (C=O) groups excluding carboxylic acids is 2. The molecule has 0 aromatic heterocycles. The lowest BCUT2D eigenvalue weighted by Crippen LogP contribution is -2.40. The molecule has 130 valence electrons. The Kier molecular flexibility index (Phi) is 4.22. The zero-order valence-electron chi connectivity index (χ0n) is 12.8. The Morgan fingerprint density at radius 2 is 1.72 bits per heavy atom. The van der Waals surface area contributed by atoms with Gasteiger partial charge in [0, 0.05) is 0 Å². The van der Waals surface area contributed by atoms with Crippen molar-refractivity contribution in [1.82, 2.24) is 0 Å². The number of para-hydroxylation sites is 1. The van der Waals surface area contributed by atoms with E-state index >= 15 is 0 Å². The monoisotopic (exact) mass is 350 g/mol. The van der Waals surface area contributed by atoms with Crippen molar-refractivity contribution in [3.63, 3.8) is 0 Å². The van der Waals surface area contributed by atoms with Crippen molar-refractivity contribution in [2.24, 2.45) is 0 Å². The molecule has 1 aliphatic heterocycles. The third-order valence-corrected chi connectivity index (χ3v) is 3.87. The molecule has 0 saturated carbocycles. The minimum atomic E-state index is -4.59. The maximum absolute atomic E-state index is 12.8. The van der Waals surface area contributed by atoms with E-state index in [9.17, 15) is 28.0 Å². The van der Waals surface area contributed by atoms with E-state index < -0.39 is 29.6 Å². The minimum absolute atomic E-state index is 0.172. The Hall–Kier alpha value is -2.87. The van der Waals surface area contributed by atoms with Crippen LogP contribution in [-0.2, 0) is 15.8 Å². The van der Waals surface area contributed by atoms with Gasteiger partial charge in [-0.2, -0.15) is 13.2 Å². The maximum Gasteiger partial charge on any atom is 0.416 e. The molecule has 1 atom stereocenters. The second kappa shape index (κ2) is 6.21. The van der Waals surface area contributed by atoms with Gasteiger partial charge in [-0.15, -0.1) is 0 Å². The predicted octanol–water partition coefficient (Wildman–Crippen LogP) is 3.23. The smallest absolute Gasteiger partial charge is 0.288 e. The number of hydrogen-bond donors (Lipinski definition) is 1. The molecule has 0 spiro atoms. The number of rotatable bonds is 3. The van der Waals surface area contributed by atoms with Gasteiger partial charge in [-0.05, 0) is 30.3 Å². The van der Waals surface area contributed by atoms with Gasteiger partial charge in [0.15, 0.2) is 0 Å². The molecule has 5 nitrogen and oxygen atoms in total. The van der Waals surface area contributed by atoms with Crippen LogP contribution in [0.1, 0.15) is 12.0 Å². The van der Waals surface area contributed by atoms with E-state index in [1.165, 1.54) is 6.07 Å². The summed E-state index contributed by atoms with van der Waals surface area (Å²) in [5.74, 6) is -1.46. The van der Waals surface area contributed by atoms with Gasteiger partial charge < -0.3 is 0 Å². The molecule has 0 aliphatic carbocycles. The molecule has 25 heavy (non-hydrogen) atoms. The predicted molar refractivity (Wildman–Crippen MR) is 83.0 cm³/mol. The molecule has 0 radical (unpaired) electrons. The maximum atomic E-state index is 12.8. The Bertz CT molecular complexity index is 808. The average molecular weight is 350 g/mol. The highest BCUT2D eigenvalue weighted by molar-refractivity contribution is 6.23. The molecular formula is C17H13F3N2O3. The first kappa shape index (κ1) is 17.0. The molecule has 1 N–H and O–H groups in total. The van der Waals surface area contributed by atoms with Gasteiger partial charge in [0.2, 0.25) is 5.91 Å². The van der Waals surface area contributed by atoms with Gasteiger partial charge in [-0.3, -0.25) is 14.8 Å². The number of hydroxylamine groups is 1. The SMILES string of the molecule is O=C1C[C@@H](N(O)c2ccccc2)C(=O)N1c1cccc(C(F)(F)F)c1. The third-order valence-electron chi connectivity index (χ3n) is 3.87. The van der Waals surface area contributed by atoms with E-state index in [1.807, 2.05) is 0 Å². The van der Waals surface area contributed by atoms with Gasteiger partial charge >= 0.3 is 6.18 Å². The normalized spacial score (nSPS) is 17.9. The molecule has 1 saturated heterocycles. The number of nitrogens with zero attached hydrogens (tertiary/aromatic N) is 2. The van der Waals surface area contributed by atoms with Crippen LogP contribution in [0.5, 0.6) is 0 Å². The number of carbonyl (C=O) groups is 2. The van der Waals surface area contributed by atoms with Crippen LogP contribution in [0.25, 0.3) is 0 Å². The summed E-state index contributed by atoms with van der Waals surface area (Å²) in [4.78, 5) is 25.4. The zero-order valence-corrected chi connectivity index (χ0v) is 12.8. The van der Waals surface area contributed by atoms with Crippen LogP contribution in [0.3, 0.4) is 0 Å². The van der Waals surface area contributed by atoms with Gasteiger partial charge in [-0.25, -0.2) is 9.96 Å². The summed E-state index contributed by atoms with van der Waals surface area (Å²) in [6.45, 7) is 0. The van der Waals surface area contributed by atoms with Crippen molar-refractivity contribution in [1.29, 1.82) is 0 Å². The Morgan fingerprint density at radius 1 is 1.04 bits per heavy atom. The van der Waals surface area contributed by atoms with Crippen LogP contribution in [0.2, 0.25) is 0 Å². The second-order valence-electron chi connectivity index (χ2n) is 5.52. The van der Waals surface area contributed by atoms with E-state index in [1.54, 1.807) is 30.3 Å². The molecule has 1 heterocycles. The van der Waals surface area contributed by atoms with Crippen LogP contribution >= 0.6 is 0 Å². The molecular weight excluding hydrogens is 337 g/mol. The molecule has 2 aromatic rings. The number of halogens is 3. The summed E-state index contributed by atoms with van der Waals surface area (Å²) in [5.41, 5.74) is -0.828. The van der Waals surface area contributed by atoms with Crippen molar-refractivity contribution in [2.45, 2.75) is 18.6 Å². The first-order valence-corrected chi connectivity index (χ1v) is 7.36. The summed E-state index contributed by atoms with van der Waals surface area (Å²) in [6.07, 6.45) is -4.92. The van der Waals surface area contributed by atoms with Crippen LogP contribution in [-0.4, -0.2) is 23.1 Å². The fourth-order valence-corrected chi connectivity index (χ4v) is 2.66. The standard InChI is InChI=1S/C17H13F3N2O3/c18-17(19,20)11-5-4-8-13(9-11)21-15(23)10-14(16(21)24)22(25)12-6-2-1-3-7-12/h1-9,14,25H,10H2/t14-/m1/s1. The lowest BCUT2D eigenvalue weighted by atomic mass is 10.2. The number of amides is 2. The summed E-state index contributed by atoms with van der Waals surface area (Å²) < 4.78 is 38.5. The molecule has 0 bridgehead atoms. The molecule has 2 amide bonds. The highest BCUT2D eigenvalue weighted by atomic mass is 19.4. The molecule has 1 fully saturated rings. The number of anilines is 2. The second-order valence-corrected chi connectivity index (χ2v) is 5.52. The molecule has 8 heteroatoms. The highest BCUT2D eigenvalue weighted by Gasteiger charge is 2.43. The van der Waals surface area contributed by atoms with Crippen molar-refractivity contribution in [3.05, 3.63) is 60.2 Å². The van der Waals surface area contributed by atoms with Crippen molar-refractivity contribution < 1.29 is 28.0 Å². The Balaban J connectivity index is 1.90. The van der Waals surface area contributed by atoms with Crippen LogP contribution in [0.4, 0.5) is 24.5 Å². The fourth-order valence-electron chi connectivity index (χ4n) is 2.66. The molecule has 0 unspecified atom stereocenters. The first-order valence-electron chi connectivity index (χ1n) is 7.36. The minimum Gasteiger partial charge on any atom is -0.288 e. The number of hydrogen-bond acceptors (Lipinski definition) is 4. The summed E-state index contributed by atoms with van der Waals surface area (Å²) in [7, 11) is 0. The van der Waals surface area contributed by atoms with E-state index in [-0.39, 0.29) is 12.1 Å². The largest absolute Gasteiger partial charge is 0.416 e. The Morgan fingerprint density at radius 3 is 2.36 bits per heavy atom. The quantitative estimate of drug-likeness (QED) is 0.682. The lowest BCUT2D eigenvalue weighted by Gasteiger charge is -2.23. The van der Waals surface area contributed by atoms with Crippen LogP contribution < -0.4 is 9.96 Å². The average Bonchev–Trinajstić information content (AvgIpc) is 2.89. The van der Waals surface area contributed by atoms with Gasteiger partial charge in [0.05, 0.1) is 23.4 Å². The molecule has 2 aromatic carbocycles. The fraction of sp³-hybridized carbons (Fsp3) is 0.176. The molecule has 3 rings (SSSR count). The zero-order chi connectivity index (χ0) is 18.2. The lowest BCUT2D eigenvalue weighted by molar-refractivity contribution is -0.137. The van der Waals surface area contributed by atoms with E-state index in [4.69, 9.17) is 0 Å². The van der Waals surface area contributed by atoms with E-state index in [0.29, 0.717) is 15.7 Å². The summed E-state index contributed by atoms with van der Waals surface area (Å²) in [5, 5.41) is 10.9.